The number of imide groups is 1. The van der Waals surface area contributed by atoms with Gasteiger partial charge in [-0.2, -0.15) is 0 Å². The summed E-state index contributed by atoms with van der Waals surface area (Å²) in [4.78, 5) is 42.0. The fourth-order valence-electron chi connectivity index (χ4n) is 4.16. The molecular formula is C26H30N4O4. The number of methoxy groups -OCH3 is 1. The fourth-order valence-corrected chi connectivity index (χ4v) is 4.16. The third kappa shape index (κ3) is 5.06. The maximum atomic E-state index is 12.8. The highest BCUT2D eigenvalue weighted by atomic mass is 16.5. The summed E-state index contributed by atoms with van der Waals surface area (Å²) in [6.45, 7) is 4.49. The number of nitrogens with zero attached hydrogens (tertiary/aromatic N) is 1. The Morgan fingerprint density at radius 2 is 1.91 bits per heavy atom. The summed E-state index contributed by atoms with van der Waals surface area (Å²) in [5.74, 6) is 0.683. The van der Waals surface area contributed by atoms with E-state index >= 15 is 0 Å². The van der Waals surface area contributed by atoms with Crippen LogP contribution in [0.1, 0.15) is 43.7 Å². The van der Waals surface area contributed by atoms with Gasteiger partial charge in [0.15, 0.2) is 0 Å². The van der Waals surface area contributed by atoms with E-state index in [4.69, 9.17) is 4.74 Å². The quantitative estimate of drug-likeness (QED) is 0.415. The Morgan fingerprint density at radius 3 is 2.62 bits per heavy atom. The minimum Gasteiger partial charge on any atom is -0.497 e. The van der Waals surface area contributed by atoms with Crippen molar-refractivity contribution in [2.45, 2.75) is 45.1 Å². The van der Waals surface area contributed by atoms with Gasteiger partial charge in [0.2, 0.25) is 5.91 Å². The molecule has 1 saturated heterocycles. The number of urea groups is 1. The maximum absolute atomic E-state index is 12.8. The number of nitrogens with one attached hydrogen (secondary N) is 3. The highest BCUT2D eigenvalue weighted by Crippen LogP contribution is 2.24. The normalized spacial score (nSPS) is 15.8. The molecular weight excluding hydrogens is 432 g/mol. The number of aromatic amines is 1. The predicted octanol–water partition coefficient (Wildman–Crippen LogP) is 4.18. The summed E-state index contributed by atoms with van der Waals surface area (Å²) >= 11 is 0. The molecule has 3 aromatic rings. The summed E-state index contributed by atoms with van der Waals surface area (Å²) in [6.07, 6.45) is 2.80. The molecule has 1 unspecified atom stereocenters. The van der Waals surface area contributed by atoms with E-state index in [0.717, 1.165) is 22.2 Å². The predicted molar refractivity (Wildman–Crippen MR) is 131 cm³/mol. The third-order valence-corrected chi connectivity index (χ3v) is 6.21. The van der Waals surface area contributed by atoms with Crippen molar-refractivity contribution >= 4 is 34.4 Å². The molecule has 4 rings (SSSR count). The smallest absolute Gasteiger partial charge is 0.324 e. The first-order valence-electron chi connectivity index (χ1n) is 11.5. The molecule has 1 aromatic heterocycles. The highest BCUT2D eigenvalue weighted by Gasteiger charge is 2.37. The Labute approximate surface area is 198 Å². The number of fused-ring (bicyclic) bond motifs is 1. The van der Waals surface area contributed by atoms with Gasteiger partial charge in [0.05, 0.1) is 7.11 Å². The summed E-state index contributed by atoms with van der Waals surface area (Å²) in [5.41, 5.74) is 3.88. The molecule has 1 aliphatic rings. The number of benzene rings is 2. The molecule has 2 aromatic carbocycles. The van der Waals surface area contributed by atoms with Gasteiger partial charge >= 0.3 is 6.03 Å². The number of anilines is 1. The first kappa shape index (κ1) is 23.4. The number of hydrogen-bond donors (Lipinski definition) is 3. The number of rotatable bonds is 9. The molecule has 8 heteroatoms. The van der Waals surface area contributed by atoms with Gasteiger partial charge in [0.25, 0.3) is 5.91 Å². The van der Waals surface area contributed by atoms with Crippen molar-refractivity contribution < 1.29 is 19.1 Å². The molecule has 4 amide bonds. The molecule has 1 fully saturated rings. The van der Waals surface area contributed by atoms with Gasteiger partial charge in [0, 0.05) is 35.8 Å². The van der Waals surface area contributed by atoms with E-state index in [2.05, 4.69) is 29.5 Å². The second-order valence-corrected chi connectivity index (χ2v) is 8.83. The number of carbonyl (C=O) groups excluding carboxylic acids is 3. The van der Waals surface area contributed by atoms with Crippen LogP contribution in [0.25, 0.3) is 10.9 Å². The van der Waals surface area contributed by atoms with Crippen LogP contribution in [0.2, 0.25) is 0 Å². The van der Waals surface area contributed by atoms with E-state index in [1.165, 1.54) is 10.5 Å². The molecule has 0 spiro atoms. The Morgan fingerprint density at radius 1 is 1.15 bits per heavy atom. The summed E-state index contributed by atoms with van der Waals surface area (Å²) in [5, 5.41) is 6.56. The first-order valence-corrected chi connectivity index (χ1v) is 11.5. The van der Waals surface area contributed by atoms with Crippen molar-refractivity contribution in [1.82, 2.24) is 15.2 Å². The van der Waals surface area contributed by atoms with Crippen LogP contribution in [0.3, 0.4) is 0 Å². The molecule has 3 N–H and O–H groups in total. The van der Waals surface area contributed by atoms with Gasteiger partial charge in [0.1, 0.15) is 11.8 Å². The number of H-pyrrole nitrogens is 1. The maximum Gasteiger partial charge on any atom is 0.324 e. The van der Waals surface area contributed by atoms with E-state index in [1.807, 2.05) is 48.7 Å². The minimum absolute atomic E-state index is 0.138. The highest BCUT2D eigenvalue weighted by molar-refractivity contribution is 6.04. The van der Waals surface area contributed by atoms with E-state index in [9.17, 15) is 14.4 Å². The second kappa shape index (κ2) is 9.99. The van der Waals surface area contributed by atoms with Crippen LogP contribution in [-0.4, -0.2) is 47.4 Å². The van der Waals surface area contributed by atoms with Crippen LogP contribution in [0.5, 0.6) is 5.75 Å². The Balaban J connectivity index is 1.30. The van der Waals surface area contributed by atoms with E-state index in [-0.39, 0.29) is 31.2 Å². The van der Waals surface area contributed by atoms with Crippen molar-refractivity contribution in [2.75, 3.05) is 19.0 Å². The lowest BCUT2D eigenvalue weighted by Gasteiger charge is -2.13. The largest absolute Gasteiger partial charge is 0.497 e. The Kier molecular flexibility index (Phi) is 6.86. The number of amides is 4. The topological polar surface area (TPSA) is 104 Å². The van der Waals surface area contributed by atoms with Gasteiger partial charge in [-0.25, -0.2) is 4.79 Å². The Hall–Kier alpha value is -3.81. The standard InChI is InChI=1S/C26H30N4O4/c1-16(2)17-4-6-19(7-5-17)28-24(31)11-10-23-25(32)30(26(33)29-23)13-12-18-15-27-22-9-8-20(34-3)14-21(18)22/h4-9,14-16,23,27H,10-13H2,1-3H3,(H,28,31)(H,29,33). The van der Waals surface area contributed by atoms with Gasteiger partial charge in [-0.3, -0.25) is 14.5 Å². The molecule has 1 atom stereocenters. The van der Waals surface area contributed by atoms with Crippen LogP contribution in [0, 0.1) is 0 Å². The third-order valence-electron chi connectivity index (χ3n) is 6.21. The second-order valence-electron chi connectivity index (χ2n) is 8.83. The lowest BCUT2D eigenvalue weighted by atomic mass is 10.0. The van der Waals surface area contributed by atoms with Gasteiger partial charge in [-0.05, 0) is 60.2 Å². The van der Waals surface area contributed by atoms with Gasteiger partial charge in [-0.15, -0.1) is 0 Å². The monoisotopic (exact) mass is 462 g/mol. The Bertz CT molecular complexity index is 1200. The van der Waals surface area contributed by atoms with Gasteiger partial charge < -0.3 is 20.4 Å². The zero-order valence-electron chi connectivity index (χ0n) is 19.7. The average molecular weight is 463 g/mol. The van der Waals surface area contributed by atoms with Crippen LogP contribution >= 0.6 is 0 Å². The SMILES string of the molecule is COc1ccc2[nH]cc(CCN3C(=O)NC(CCC(=O)Nc4ccc(C(C)C)cc4)C3=O)c2c1. The molecule has 0 bridgehead atoms. The molecule has 0 aliphatic carbocycles. The average Bonchev–Trinajstić information content (AvgIpc) is 3.35. The zero-order chi connectivity index (χ0) is 24.2. The van der Waals surface area contributed by atoms with Crippen molar-refractivity contribution in [3.8, 4) is 5.75 Å². The zero-order valence-corrected chi connectivity index (χ0v) is 19.7. The summed E-state index contributed by atoms with van der Waals surface area (Å²) in [6, 6.07) is 12.4. The lowest BCUT2D eigenvalue weighted by molar-refractivity contribution is -0.127. The molecule has 2 heterocycles. The number of ether oxygens (including phenoxy) is 1. The number of aromatic nitrogens is 1. The van der Waals surface area contributed by atoms with Crippen LogP contribution in [0.4, 0.5) is 10.5 Å². The fraction of sp³-hybridized carbons (Fsp3) is 0.346. The van der Waals surface area contributed by atoms with E-state index in [1.54, 1.807) is 7.11 Å². The van der Waals surface area contributed by atoms with Crippen molar-refractivity contribution in [1.29, 1.82) is 0 Å². The first-order chi connectivity index (χ1) is 16.4. The van der Waals surface area contributed by atoms with Crippen molar-refractivity contribution in [3.05, 3.63) is 59.8 Å². The number of hydrogen-bond acceptors (Lipinski definition) is 4. The molecule has 0 saturated carbocycles. The molecule has 34 heavy (non-hydrogen) atoms. The molecule has 8 nitrogen and oxygen atoms in total. The summed E-state index contributed by atoms with van der Waals surface area (Å²) < 4.78 is 5.30. The molecule has 178 valence electrons. The van der Waals surface area contributed by atoms with Crippen LogP contribution in [0.15, 0.2) is 48.7 Å². The van der Waals surface area contributed by atoms with Gasteiger partial charge in [-0.1, -0.05) is 26.0 Å². The molecule has 1 aliphatic heterocycles. The van der Waals surface area contributed by atoms with E-state index in [0.29, 0.717) is 18.0 Å². The molecule has 0 radical (unpaired) electrons. The summed E-state index contributed by atoms with van der Waals surface area (Å²) in [7, 11) is 1.61. The minimum atomic E-state index is -0.690. The van der Waals surface area contributed by atoms with Crippen LogP contribution in [-0.2, 0) is 16.0 Å². The van der Waals surface area contributed by atoms with Crippen molar-refractivity contribution in [3.63, 3.8) is 0 Å². The lowest BCUT2D eigenvalue weighted by Crippen LogP contribution is -2.33. The van der Waals surface area contributed by atoms with Crippen LogP contribution < -0.4 is 15.4 Å². The van der Waals surface area contributed by atoms with E-state index < -0.39 is 12.1 Å². The van der Waals surface area contributed by atoms with Crippen molar-refractivity contribution in [2.24, 2.45) is 0 Å². The number of carbonyl (C=O) groups is 3.